The first kappa shape index (κ1) is 14.7. The fourth-order valence-corrected chi connectivity index (χ4v) is 2.97. The first-order valence-electron chi connectivity index (χ1n) is 7.03. The second kappa shape index (κ2) is 5.53. The Bertz CT molecular complexity index is 702. The summed E-state index contributed by atoms with van der Waals surface area (Å²) in [6, 6.07) is 7.79. The number of imidazole rings is 1. The molecule has 1 aromatic carbocycles. The summed E-state index contributed by atoms with van der Waals surface area (Å²) in [4.78, 5) is 23.7. The number of aromatic nitrogens is 2. The van der Waals surface area contributed by atoms with Gasteiger partial charge in [0.1, 0.15) is 12.4 Å². The van der Waals surface area contributed by atoms with Crippen LogP contribution in [-0.4, -0.2) is 40.1 Å². The lowest BCUT2D eigenvalue weighted by molar-refractivity contribution is 0.218. The van der Waals surface area contributed by atoms with Gasteiger partial charge in [-0.1, -0.05) is 12.1 Å². The average Bonchev–Trinajstić information content (AvgIpc) is 3.04. The maximum atomic E-state index is 12.7. The van der Waals surface area contributed by atoms with Crippen molar-refractivity contribution in [3.05, 3.63) is 42.0 Å². The van der Waals surface area contributed by atoms with Crippen molar-refractivity contribution >= 4 is 24.1 Å². The molecule has 1 saturated heterocycles. The molecule has 3 heterocycles. The number of nitrogens with one attached hydrogen (secondary N) is 1. The minimum absolute atomic E-state index is 0. The van der Waals surface area contributed by atoms with Crippen molar-refractivity contribution in [2.45, 2.75) is 19.5 Å². The van der Waals surface area contributed by atoms with E-state index in [0.29, 0.717) is 19.7 Å². The standard InChI is InChI=1S/C15H16N4O2.ClH/c1-10-12(17-9-16-10)7-18-6-11-8-21-14-5-3-2-4-13(14)19(11)15(18)20;/h2-5,9,11H,6-8H2,1H3,(H,16,17);1H. The van der Waals surface area contributed by atoms with Crippen LogP contribution in [0.25, 0.3) is 0 Å². The van der Waals surface area contributed by atoms with Gasteiger partial charge < -0.3 is 14.6 Å². The molecule has 0 saturated carbocycles. The third-order valence-corrected chi connectivity index (χ3v) is 4.10. The van der Waals surface area contributed by atoms with Crippen molar-refractivity contribution < 1.29 is 9.53 Å². The summed E-state index contributed by atoms with van der Waals surface area (Å²) >= 11 is 0. The number of anilines is 1. The molecular weight excluding hydrogens is 304 g/mol. The molecule has 0 radical (unpaired) electrons. The van der Waals surface area contributed by atoms with E-state index in [4.69, 9.17) is 4.74 Å². The average molecular weight is 321 g/mol. The number of hydrogen-bond acceptors (Lipinski definition) is 3. The highest BCUT2D eigenvalue weighted by Gasteiger charge is 2.42. The minimum Gasteiger partial charge on any atom is -0.489 e. The van der Waals surface area contributed by atoms with Gasteiger partial charge in [0, 0.05) is 12.2 Å². The number of carbonyl (C=O) groups is 1. The number of carbonyl (C=O) groups excluding carboxylic acids is 1. The predicted octanol–water partition coefficient (Wildman–Crippen LogP) is 2.34. The van der Waals surface area contributed by atoms with Crippen LogP contribution in [0.15, 0.2) is 30.6 Å². The van der Waals surface area contributed by atoms with Crippen molar-refractivity contribution in [3.8, 4) is 5.75 Å². The number of nitrogens with zero attached hydrogens (tertiary/aromatic N) is 3. The Labute approximate surface area is 134 Å². The molecular formula is C15H17ClN4O2. The lowest BCUT2D eigenvalue weighted by atomic mass is 10.2. The van der Waals surface area contributed by atoms with E-state index in [-0.39, 0.29) is 24.5 Å². The quantitative estimate of drug-likeness (QED) is 0.924. The Morgan fingerprint density at radius 3 is 3.00 bits per heavy atom. The molecule has 1 unspecified atom stereocenters. The number of fused-ring (bicyclic) bond motifs is 3. The second-order valence-corrected chi connectivity index (χ2v) is 5.44. The molecule has 1 atom stereocenters. The van der Waals surface area contributed by atoms with E-state index >= 15 is 0 Å². The van der Waals surface area contributed by atoms with Crippen LogP contribution in [0.1, 0.15) is 11.4 Å². The molecule has 1 aromatic heterocycles. The van der Waals surface area contributed by atoms with E-state index in [0.717, 1.165) is 22.8 Å². The highest BCUT2D eigenvalue weighted by atomic mass is 35.5. The zero-order chi connectivity index (χ0) is 14.4. The van der Waals surface area contributed by atoms with E-state index in [1.807, 2.05) is 41.0 Å². The summed E-state index contributed by atoms with van der Waals surface area (Å²) in [5.41, 5.74) is 2.78. The number of H-pyrrole nitrogens is 1. The molecule has 22 heavy (non-hydrogen) atoms. The predicted molar refractivity (Wildman–Crippen MR) is 84.6 cm³/mol. The first-order chi connectivity index (χ1) is 10.2. The summed E-state index contributed by atoms with van der Waals surface area (Å²) in [5, 5.41) is 0. The van der Waals surface area contributed by atoms with Crippen molar-refractivity contribution in [3.63, 3.8) is 0 Å². The largest absolute Gasteiger partial charge is 0.489 e. The van der Waals surface area contributed by atoms with Gasteiger partial charge in [-0.3, -0.25) is 4.90 Å². The summed E-state index contributed by atoms with van der Waals surface area (Å²) in [6.45, 7) is 3.70. The number of urea groups is 1. The van der Waals surface area contributed by atoms with Gasteiger partial charge in [-0.05, 0) is 19.1 Å². The maximum absolute atomic E-state index is 12.7. The summed E-state index contributed by atoms with van der Waals surface area (Å²) in [7, 11) is 0. The van der Waals surface area contributed by atoms with Gasteiger partial charge >= 0.3 is 6.03 Å². The molecule has 6 nitrogen and oxygen atoms in total. The fraction of sp³-hybridized carbons (Fsp3) is 0.333. The van der Waals surface area contributed by atoms with Crippen molar-refractivity contribution in [2.75, 3.05) is 18.1 Å². The number of rotatable bonds is 2. The van der Waals surface area contributed by atoms with Crippen LogP contribution < -0.4 is 9.64 Å². The van der Waals surface area contributed by atoms with Crippen LogP contribution in [0.4, 0.5) is 10.5 Å². The Hall–Kier alpha value is -2.21. The normalized spacial score (nSPS) is 19.3. The highest BCUT2D eigenvalue weighted by Crippen LogP contribution is 2.37. The van der Waals surface area contributed by atoms with Crippen LogP contribution in [-0.2, 0) is 6.54 Å². The van der Waals surface area contributed by atoms with Gasteiger partial charge in [-0.25, -0.2) is 9.78 Å². The molecule has 2 aromatic rings. The topological polar surface area (TPSA) is 61.5 Å². The van der Waals surface area contributed by atoms with E-state index in [1.54, 1.807) is 6.33 Å². The van der Waals surface area contributed by atoms with Crippen molar-refractivity contribution in [1.82, 2.24) is 14.9 Å². The molecule has 0 aliphatic carbocycles. The Kier molecular flexibility index (Phi) is 3.70. The molecule has 2 aliphatic heterocycles. The highest BCUT2D eigenvalue weighted by molar-refractivity contribution is 5.97. The third-order valence-electron chi connectivity index (χ3n) is 4.10. The second-order valence-electron chi connectivity index (χ2n) is 5.44. The number of halogens is 1. The molecule has 7 heteroatoms. The zero-order valence-electron chi connectivity index (χ0n) is 12.2. The minimum atomic E-state index is 0. The lowest BCUT2D eigenvalue weighted by Gasteiger charge is -2.30. The van der Waals surface area contributed by atoms with E-state index < -0.39 is 0 Å². The first-order valence-corrected chi connectivity index (χ1v) is 7.03. The van der Waals surface area contributed by atoms with Gasteiger partial charge in [0.2, 0.25) is 0 Å². The fourth-order valence-electron chi connectivity index (χ4n) is 2.97. The number of ether oxygens (including phenoxy) is 1. The summed E-state index contributed by atoms with van der Waals surface area (Å²) in [5.74, 6) is 0.778. The van der Waals surface area contributed by atoms with Gasteiger partial charge in [-0.15, -0.1) is 12.4 Å². The number of aromatic amines is 1. The van der Waals surface area contributed by atoms with Gasteiger partial charge in [0.25, 0.3) is 0 Å². The van der Waals surface area contributed by atoms with E-state index in [2.05, 4.69) is 9.97 Å². The van der Waals surface area contributed by atoms with Gasteiger partial charge in [-0.2, -0.15) is 0 Å². The Morgan fingerprint density at radius 2 is 2.23 bits per heavy atom. The smallest absolute Gasteiger partial charge is 0.325 e. The number of benzene rings is 1. The molecule has 1 N–H and O–H groups in total. The van der Waals surface area contributed by atoms with Gasteiger partial charge in [0.15, 0.2) is 0 Å². The molecule has 2 aliphatic rings. The zero-order valence-corrected chi connectivity index (χ0v) is 13.0. The number of amides is 2. The van der Waals surface area contributed by atoms with Crippen LogP contribution in [0, 0.1) is 6.92 Å². The van der Waals surface area contributed by atoms with Crippen molar-refractivity contribution in [1.29, 1.82) is 0 Å². The van der Waals surface area contributed by atoms with E-state index in [1.165, 1.54) is 0 Å². The Morgan fingerprint density at radius 1 is 1.41 bits per heavy atom. The summed E-state index contributed by atoms with van der Waals surface area (Å²) in [6.07, 6.45) is 1.66. The van der Waals surface area contributed by atoms with Crippen LogP contribution in [0.2, 0.25) is 0 Å². The number of aryl methyl sites for hydroxylation is 1. The van der Waals surface area contributed by atoms with Gasteiger partial charge in [0.05, 0.1) is 30.3 Å². The maximum Gasteiger partial charge on any atom is 0.325 e. The van der Waals surface area contributed by atoms with Crippen LogP contribution >= 0.6 is 12.4 Å². The van der Waals surface area contributed by atoms with E-state index in [9.17, 15) is 4.79 Å². The number of para-hydroxylation sites is 2. The monoisotopic (exact) mass is 320 g/mol. The molecule has 4 rings (SSSR count). The lowest BCUT2D eigenvalue weighted by Crippen LogP contribution is -2.41. The Balaban J connectivity index is 0.00000144. The molecule has 116 valence electrons. The van der Waals surface area contributed by atoms with Crippen LogP contribution in [0.5, 0.6) is 5.75 Å². The van der Waals surface area contributed by atoms with Crippen molar-refractivity contribution in [2.24, 2.45) is 0 Å². The van der Waals surface area contributed by atoms with Crippen LogP contribution in [0.3, 0.4) is 0 Å². The third kappa shape index (κ3) is 2.20. The molecule has 2 amide bonds. The SMILES string of the molecule is Cc1[nH]cnc1CN1CC2COc3ccccc3N2C1=O.Cl. The summed E-state index contributed by atoms with van der Waals surface area (Å²) < 4.78 is 5.75. The number of hydrogen-bond donors (Lipinski definition) is 1. The molecule has 1 fully saturated rings. The molecule has 0 spiro atoms. The molecule has 0 bridgehead atoms.